The van der Waals surface area contributed by atoms with E-state index in [9.17, 15) is 4.79 Å². The molecule has 1 heterocycles. The quantitative estimate of drug-likeness (QED) is 0.583. The lowest BCUT2D eigenvalue weighted by molar-refractivity contribution is 0.0526. The third-order valence-electron chi connectivity index (χ3n) is 4.33. The van der Waals surface area contributed by atoms with E-state index in [1.54, 1.807) is 18.4 Å². The number of anilines is 1. The number of nitrogens with two attached hydrogens (primary N) is 1. The van der Waals surface area contributed by atoms with Crippen molar-refractivity contribution >= 4 is 22.3 Å². The molecule has 1 unspecified atom stereocenters. The molecule has 0 aromatic carbocycles. The SMILES string of the molecule is CCOC(=O)c1c(N)sc2c1CCC(CCCCCOC)C2. The van der Waals surface area contributed by atoms with E-state index in [0.717, 1.165) is 43.8 Å². The monoisotopic (exact) mass is 325 g/mol. The van der Waals surface area contributed by atoms with E-state index in [1.807, 2.05) is 6.92 Å². The number of fused-ring (bicyclic) bond motifs is 1. The Morgan fingerprint density at radius 1 is 1.36 bits per heavy atom. The molecule has 0 saturated carbocycles. The maximum atomic E-state index is 12.0. The lowest BCUT2D eigenvalue weighted by Crippen LogP contribution is -2.16. The lowest BCUT2D eigenvalue weighted by atomic mass is 9.84. The van der Waals surface area contributed by atoms with Gasteiger partial charge in [-0.25, -0.2) is 4.79 Å². The van der Waals surface area contributed by atoms with Gasteiger partial charge in [-0.1, -0.05) is 19.3 Å². The summed E-state index contributed by atoms with van der Waals surface area (Å²) in [5.41, 5.74) is 7.85. The number of thiophene rings is 1. The summed E-state index contributed by atoms with van der Waals surface area (Å²) >= 11 is 1.58. The Labute approximate surface area is 137 Å². The van der Waals surface area contributed by atoms with Crippen molar-refractivity contribution < 1.29 is 14.3 Å². The molecule has 0 amide bonds. The highest BCUT2D eigenvalue weighted by Crippen LogP contribution is 2.39. The molecule has 1 aliphatic rings. The number of hydrogen-bond donors (Lipinski definition) is 1. The summed E-state index contributed by atoms with van der Waals surface area (Å²) in [6.07, 6.45) is 8.07. The predicted molar refractivity (Wildman–Crippen MR) is 90.5 cm³/mol. The van der Waals surface area contributed by atoms with Gasteiger partial charge in [-0.05, 0) is 44.1 Å². The normalized spacial score (nSPS) is 17.3. The van der Waals surface area contributed by atoms with Gasteiger partial charge in [0.05, 0.1) is 12.2 Å². The number of nitrogen functional groups attached to an aromatic ring is 1. The van der Waals surface area contributed by atoms with E-state index in [0.29, 0.717) is 17.2 Å². The van der Waals surface area contributed by atoms with Crippen LogP contribution in [0.3, 0.4) is 0 Å². The molecule has 0 fully saturated rings. The molecule has 1 atom stereocenters. The Morgan fingerprint density at radius 2 is 2.18 bits per heavy atom. The fourth-order valence-electron chi connectivity index (χ4n) is 3.21. The highest BCUT2D eigenvalue weighted by Gasteiger charge is 2.28. The Kier molecular flexibility index (Phi) is 6.70. The zero-order valence-electron chi connectivity index (χ0n) is 13.7. The van der Waals surface area contributed by atoms with Crippen molar-refractivity contribution in [2.45, 2.75) is 51.9 Å². The van der Waals surface area contributed by atoms with E-state index in [4.69, 9.17) is 15.2 Å². The number of esters is 1. The average Bonchev–Trinajstić information content (AvgIpc) is 2.82. The minimum atomic E-state index is -0.254. The minimum Gasteiger partial charge on any atom is -0.462 e. The van der Waals surface area contributed by atoms with Gasteiger partial charge in [0, 0.05) is 18.6 Å². The van der Waals surface area contributed by atoms with E-state index in [1.165, 1.54) is 24.1 Å². The molecule has 0 radical (unpaired) electrons. The number of methoxy groups -OCH3 is 1. The first-order valence-corrected chi connectivity index (χ1v) is 9.05. The van der Waals surface area contributed by atoms with Crippen molar-refractivity contribution in [1.29, 1.82) is 0 Å². The van der Waals surface area contributed by atoms with Gasteiger partial charge in [-0.3, -0.25) is 0 Å². The first-order chi connectivity index (χ1) is 10.7. The molecule has 124 valence electrons. The highest BCUT2D eigenvalue weighted by molar-refractivity contribution is 7.16. The van der Waals surface area contributed by atoms with Crippen LogP contribution in [0.5, 0.6) is 0 Å². The van der Waals surface area contributed by atoms with Crippen LogP contribution in [0, 0.1) is 5.92 Å². The van der Waals surface area contributed by atoms with Gasteiger partial charge in [0.15, 0.2) is 0 Å². The molecule has 0 aliphatic heterocycles. The van der Waals surface area contributed by atoms with E-state index in [-0.39, 0.29) is 5.97 Å². The average molecular weight is 325 g/mol. The van der Waals surface area contributed by atoms with Gasteiger partial charge in [-0.15, -0.1) is 11.3 Å². The summed E-state index contributed by atoms with van der Waals surface area (Å²) in [4.78, 5) is 13.3. The molecule has 22 heavy (non-hydrogen) atoms. The van der Waals surface area contributed by atoms with Crippen LogP contribution >= 0.6 is 11.3 Å². The second-order valence-electron chi connectivity index (χ2n) is 5.91. The van der Waals surface area contributed by atoms with Crippen molar-refractivity contribution in [2.24, 2.45) is 5.92 Å². The van der Waals surface area contributed by atoms with Gasteiger partial charge in [-0.2, -0.15) is 0 Å². The van der Waals surface area contributed by atoms with Crippen LogP contribution in [0.15, 0.2) is 0 Å². The topological polar surface area (TPSA) is 61.5 Å². The fraction of sp³-hybridized carbons (Fsp3) is 0.706. The zero-order chi connectivity index (χ0) is 15.9. The summed E-state index contributed by atoms with van der Waals surface area (Å²) in [7, 11) is 1.75. The summed E-state index contributed by atoms with van der Waals surface area (Å²) in [5.74, 6) is 0.471. The van der Waals surface area contributed by atoms with Gasteiger partial charge in [0.1, 0.15) is 5.00 Å². The molecule has 5 heteroatoms. The van der Waals surface area contributed by atoms with E-state index in [2.05, 4.69) is 0 Å². The maximum absolute atomic E-state index is 12.0. The fourth-order valence-corrected chi connectivity index (χ4v) is 4.43. The van der Waals surface area contributed by atoms with Crippen molar-refractivity contribution in [3.8, 4) is 0 Å². The molecular weight excluding hydrogens is 298 g/mol. The van der Waals surface area contributed by atoms with Crippen LogP contribution in [-0.4, -0.2) is 26.3 Å². The molecule has 2 N–H and O–H groups in total. The van der Waals surface area contributed by atoms with Gasteiger partial charge < -0.3 is 15.2 Å². The summed E-state index contributed by atoms with van der Waals surface area (Å²) in [5, 5.41) is 0.629. The number of unbranched alkanes of at least 4 members (excludes halogenated alkanes) is 2. The minimum absolute atomic E-state index is 0.254. The lowest BCUT2D eigenvalue weighted by Gasteiger charge is -2.22. The van der Waals surface area contributed by atoms with Crippen molar-refractivity contribution in [3.63, 3.8) is 0 Å². The predicted octanol–water partition coefficient (Wildman–Crippen LogP) is 3.82. The molecule has 1 aromatic rings. The zero-order valence-corrected chi connectivity index (χ0v) is 14.5. The van der Waals surface area contributed by atoms with Crippen molar-refractivity contribution in [1.82, 2.24) is 0 Å². The standard InChI is InChI=1S/C17H27NO3S/c1-3-21-17(19)15-13-9-8-12(7-5-4-6-10-20-2)11-14(13)22-16(15)18/h12H,3-11,18H2,1-2H3. The van der Waals surface area contributed by atoms with Crippen molar-refractivity contribution in [2.75, 3.05) is 26.1 Å². The Bertz CT molecular complexity index is 498. The van der Waals surface area contributed by atoms with Gasteiger partial charge >= 0.3 is 5.97 Å². The molecule has 1 aromatic heterocycles. The Hall–Kier alpha value is -1.07. The number of rotatable bonds is 8. The summed E-state index contributed by atoms with van der Waals surface area (Å²) in [6.45, 7) is 3.08. The number of carbonyl (C=O) groups excluding carboxylic acids is 1. The van der Waals surface area contributed by atoms with Crippen LogP contribution < -0.4 is 5.73 Å². The molecule has 1 aliphatic carbocycles. The van der Waals surface area contributed by atoms with Crippen LogP contribution in [-0.2, 0) is 22.3 Å². The van der Waals surface area contributed by atoms with Crippen LogP contribution in [0.1, 0.15) is 59.8 Å². The van der Waals surface area contributed by atoms with Gasteiger partial charge in [0.2, 0.25) is 0 Å². The van der Waals surface area contributed by atoms with Crippen LogP contribution in [0.25, 0.3) is 0 Å². The van der Waals surface area contributed by atoms with Crippen LogP contribution in [0.4, 0.5) is 5.00 Å². The summed E-state index contributed by atoms with van der Waals surface area (Å²) < 4.78 is 10.2. The molecular formula is C17H27NO3S. The van der Waals surface area contributed by atoms with E-state index >= 15 is 0 Å². The molecule has 0 saturated heterocycles. The molecule has 0 spiro atoms. The summed E-state index contributed by atoms with van der Waals surface area (Å²) in [6, 6.07) is 0. The Balaban J connectivity index is 1.91. The Morgan fingerprint density at radius 3 is 2.91 bits per heavy atom. The smallest absolute Gasteiger partial charge is 0.341 e. The second-order valence-corrected chi connectivity index (χ2v) is 7.05. The third kappa shape index (κ3) is 4.23. The molecule has 0 bridgehead atoms. The number of carbonyl (C=O) groups is 1. The largest absolute Gasteiger partial charge is 0.462 e. The third-order valence-corrected chi connectivity index (χ3v) is 5.42. The number of hydrogen-bond acceptors (Lipinski definition) is 5. The van der Waals surface area contributed by atoms with Crippen LogP contribution in [0.2, 0.25) is 0 Å². The highest BCUT2D eigenvalue weighted by atomic mass is 32.1. The number of ether oxygens (including phenoxy) is 2. The van der Waals surface area contributed by atoms with E-state index < -0.39 is 0 Å². The second kappa shape index (κ2) is 8.53. The first-order valence-electron chi connectivity index (χ1n) is 8.23. The van der Waals surface area contributed by atoms with Crippen molar-refractivity contribution in [3.05, 3.63) is 16.0 Å². The van der Waals surface area contributed by atoms with Gasteiger partial charge in [0.25, 0.3) is 0 Å². The molecule has 2 rings (SSSR count). The first kappa shape index (κ1) is 17.3. The maximum Gasteiger partial charge on any atom is 0.341 e. The molecule has 4 nitrogen and oxygen atoms in total.